The lowest BCUT2D eigenvalue weighted by Crippen LogP contribution is -2.60. The highest BCUT2D eigenvalue weighted by atomic mass is 32.2. The van der Waals surface area contributed by atoms with Crippen LogP contribution in [0, 0.1) is 10.1 Å². The normalized spacial score (nSPS) is 20.1. The van der Waals surface area contributed by atoms with Gasteiger partial charge in [-0.2, -0.15) is 4.72 Å². The molecule has 1 aliphatic carbocycles. The molecule has 0 atom stereocenters. The molecule has 1 aromatic carbocycles. The van der Waals surface area contributed by atoms with Crippen LogP contribution >= 0.6 is 0 Å². The molecule has 0 bridgehead atoms. The predicted molar refractivity (Wildman–Crippen MR) is 94.1 cm³/mol. The first-order chi connectivity index (χ1) is 12.4. The second-order valence-electron chi connectivity index (χ2n) is 6.66. The first-order valence-corrected chi connectivity index (χ1v) is 10.1. The van der Waals surface area contributed by atoms with E-state index in [9.17, 15) is 23.3 Å². The van der Waals surface area contributed by atoms with E-state index in [0.29, 0.717) is 39.0 Å². The number of rotatable bonds is 5. The van der Waals surface area contributed by atoms with Crippen LogP contribution in [0.1, 0.15) is 25.7 Å². The van der Waals surface area contributed by atoms with Crippen molar-refractivity contribution in [2.75, 3.05) is 26.2 Å². The molecule has 0 aromatic heterocycles. The van der Waals surface area contributed by atoms with Crippen molar-refractivity contribution in [3.8, 4) is 0 Å². The summed E-state index contributed by atoms with van der Waals surface area (Å²) in [5.74, 6) is -0.237. The Balaban J connectivity index is 1.92. The van der Waals surface area contributed by atoms with Crippen molar-refractivity contribution in [2.45, 2.75) is 36.1 Å². The molecule has 1 aromatic rings. The standard InChI is InChI=1S/C16H22N4O5S/c21-15(19-11-9-17-10-12-19)16(7-3-4-8-16)18-26(24,25)14-6-2-1-5-13(14)20(22)23/h1-2,5-6,17-18H,3-4,7-12H2. The topological polar surface area (TPSA) is 122 Å². The van der Waals surface area contributed by atoms with Crippen LogP contribution in [0.3, 0.4) is 0 Å². The van der Waals surface area contributed by atoms with Crippen LogP contribution in [0.5, 0.6) is 0 Å². The molecule has 9 nitrogen and oxygen atoms in total. The van der Waals surface area contributed by atoms with E-state index < -0.39 is 31.1 Å². The van der Waals surface area contributed by atoms with Crippen molar-refractivity contribution < 1.29 is 18.1 Å². The molecule has 1 saturated heterocycles. The maximum atomic E-state index is 13.1. The molecule has 26 heavy (non-hydrogen) atoms. The number of amides is 1. The Bertz CT molecular complexity index is 799. The lowest BCUT2D eigenvalue weighted by Gasteiger charge is -2.36. The molecule has 3 rings (SSSR count). The fourth-order valence-electron chi connectivity index (χ4n) is 3.66. The van der Waals surface area contributed by atoms with E-state index in [-0.39, 0.29) is 5.91 Å². The minimum atomic E-state index is -4.22. The van der Waals surface area contributed by atoms with Crippen LogP contribution in [0.15, 0.2) is 29.2 Å². The summed E-state index contributed by atoms with van der Waals surface area (Å²) in [4.78, 5) is 24.8. The zero-order valence-corrected chi connectivity index (χ0v) is 15.1. The summed E-state index contributed by atoms with van der Waals surface area (Å²) in [5.41, 5.74) is -1.72. The van der Waals surface area contributed by atoms with Crippen molar-refractivity contribution in [2.24, 2.45) is 0 Å². The number of nitrogens with zero attached hydrogens (tertiary/aromatic N) is 2. The Morgan fingerprint density at radius 1 is 1.19 bits per heavy atom. The van der Waals surface area contributed by atoms with Crippen LogP contribution in [-0.4, -0.2) is 55.9 Å². The van der Waals surface area contributed by atoms with Gasteiger partial charge in [0.25, 0.3) is 5.69 Å². The largest absolute Gasteiger partial charge is 0.339 e. The van der Waals surface area contributed by atoms with Crippen molar-refractivity contribution in [1.82, 2.24) is 14.9 Å². The maximum absolute atomic E-state index is 13.1. The average Bonchev–Trinajstić information content (AvgIpc) is 3.10. The Labute approximate surface area is 152 Å². The molecule has 0 radical (unpaired) electrons. The quantitative estimate of drug-likeness (QED) is 0.569. The Hall–Kier alpha value is -2.04. The monoisotopic (exact) mass is 382 g/mol. The third-order valence-corrected chi connectivity index (χ3v) is 6.54. The minimum absolute atomic E-state index is 0.237. The summed E-state index contributed by atoms with van der Waals surface area (Å²) in [6.45, 7) is 2.37. The summed E-state index contributed by atoms with van der Waals surface area (Å²) < 4.78 is 28.3. The minimum Gasteiger partial charge on any atom is -0.339 e. The van der Waals surface area contributed by atoms with E-state index in [2.05, 4.69) is 10.0 Å². The Morgan fingerprint density at radius 3 is 2.42 bits per heavy atom. The molecule has 1 heterocycles. The second-order valence-corrected chi connectivity index (χ2v) is 8.31. The van der Waals surface area contributed by atoms with E-state index in [1.807, 2.05) is 0 Å². The number of nitro benzene ring substituents is 1. The van der Waals surface area contributed by atoms with Gasteiger partial charge >= 0.3 is 0 Å². The number of nitro groups is 1. The van der Waals surface area contributed by atoms with Gasteiger partial charge in [-0.25, -0.2) is 8.42 Å². The van der Waals surface area contributed by atoms with Gasteiger partial charge in [0.2, 0.25) is 15.9 Å². The summed E-state index contributed by atoms with van der Waals surface area (Å²) in [7, 11) is -4.22. The number of carbonyl (C=O) groups is 1. The summed E-state index contributed by atoms with van der Waals surface area (Å²) in [6, 6.07) is 5.18. The third kappa shape index (κ3) is 3.57. The predicted octanol–water partition coefficient (Wildman–Crippen LogP) is 0.618. The van der Waals surface area contributed by atoms with E-state index >= 15 is 0 Å². The van der Waals surface area contributed by atoms with Crippen LogP contribution in [0.25, 0.3) is 0 Å². The molecule has 142 valence electrons. The smallest absolute Gasteiger partial charge is 0.289 e. The van der Waals surface area contributed by atoms with Crippen molar-refractivity contribution in [3.63, 3.8) is 0 Å². The maximum Gasteiger partial charge on any atom is 0.289 e. The highest BCUT2D eigenvalue weighted by molar-refractivity contribution is 7.89. The average molecular weight is 382 g/mol. The highest BCUT2D eigenvalue weighted by Gasteiger charge is 2.47. The van der Waals surface area contributed by atoms with Crippen LogP contribution < -0.4 is 10.0 Å². The van der Waals surface area contributed by atoms with Crippen LogP contribution in [-0.2, 0) is 14.8 Å². The van der Waals surface area contributed by atoms with E-state index in [1.54, 1.807) is 4.90 Å². The van der Waals surface area contributed by atoms with Gasteiger partial charge in [0, 0.05) is 32.2 Å². The molecule has 2 fully saturated rings. The Kier molecular flexibility index (Phi) is 5.26. The van der Waals surface area contributed by atoms with Crippen molar-refractivity contribution in [3.05, 3.63) is 34.4 Å². The third-order valence-electron chi connectivity index (χ3n) is 4.95. The van der Waals surface area contributed by atoms with Crippen LogP contribution in [0.4, 0.5) is 5.69 Å². The molecule has 2 aliphatic rings. The van der Waals surface area contributed by atoms with Gasteiger partial charge in [-0.1, -0.05) is 25.0 Å². The highest BCUT2D eigenvalue weighted by Crippen LogP contribution is 2.34. The zero-order chi connectivity index (χ0) is 18.8. The Morgan fingerprint density at radius 2 is 1.81 bits per heavy atom. The van der Waals surface area contributed by atoms with E-state index in [1.165, 1.54) is 18.2 Å². The number of benzene rings is 1. The van der Waals surface area contributed by atoms with Gasteiger partial charge in [0.15, 0.2) is 4.90 Å². The number of para-hydroxylation sites is 1. The summed E-state index contributed by atoms with van der Waals surface area (Å²) in [6.07, 6.45) is 2.26. The van der Waals surface area contributed by atoms with Gasteiger partial charge in [0.1, 0.15) is 5.54 Å². The second kappa shape index (κ2) is 7.29. The summed E-state index contributed by atoms with van der Waals surface area (Å²) in [5, 5.41) is 14.4. The lowest BCUT2D eigenvalue weighted by atomic mass is 9.97. The SMILES string of the molecule is O=C(N1CCNCC1)C1(NS(=O)(=O)c2ccccc2[N+](=O)[O-])CCCC1. The van der Waals surface area contributed by atoms with Gasteiger partial charge < -0.3 is 10.2 Å². The van der Waals surface area contributed by atoms with E-state index in [0.717, 1.165) is 18.9 Å². The fraction of sp³-hybridized carbons (Fsp3) is 0.562. The van der Waals surface area contributed by atoms with E-state index in [4.69, 9.17) is 0 Å². The van der Waals surface area contributed by atoms with Crippen LogP contribution in [0.2, 0.25) is 0 Å². The van der Waals surface area contributed by atoms with Gasteiger partial charge in [0.05, 0.1) is 4.92 Å². The molecule has 1 amide bonds. The number of nitrogens with one attached hydrogen (secondary N) is 2. The first-order valence-electron chi connectivity index (χ1n) is 8.63. The van der Waals surface area contributed by atoms with Gasteiger partial charge in [-0.05, 0) is 18.9 Å². The number of carbonyl (C=O) groups excluding carboxylic acids is 1. The molecule has 10 heteroatoms. The fourth-order valence-corrected chi connectivity index (χ4v) is 5.25. The van der Waals surface area contributed by atoms with Gasteiger partial charge in [-0.15, -0.1) is 0 Å². The number of sulfonamides is 1. The molecule has 1 saturated carbocycles. The van der Waals surface area contributed by atoms with Crippen molar-refractivity contribution >= 4 is 21.6 Å². The first kappa shape index (κ1) is 18.7. The lowest BCUT2D eigenvalue weighted by molar-refractivity contribution is -0.387. The molecule has 0 unspecified atom stereocenters. The number of piperazine rings is 1. The molecule has 1 aliphatic heterocycles. The zero-order valence-electron chi connectivity index (χ0n) is 14.3. The molecular formula is C16H22N4O5S. The molecule has 2 N–H and O–H groups in total. The van der Waals surface area contributed by atoms with Crippen molar-refractivity contribution in [1.29, 1.82) is 0 Å². The number of hydrogen-bond donors (Lipinski definition) is 2. The molecule has 0 spiro atoms. The number of hydrogen-bond acceptors (Lipinski definition) is 6. The molecular weight excluding hydrogens is 360 g/mol. The van der Waals surface area contributed by atoms with Gasteiger partial charge in [-0.3, -0.25) is 14.9 Å². The summed E-state index contributed by atoms with van der Waals surface area (Å²) >= 11 is 0.